The van der Waals surface area contributed by atoms with Gasteiger partial charge in [0.2, 0.25) is 0 Å². The Hall–Kier alpha value is -2.29. The van der Waals surface area contributed by atoms with E-state index in [-0.39, 0.29) is 22.8 Å². The zero-order chi connectivity index (χ0) is 24.1. The number of halogens is 2. The standard InChI is InChI=1S/C26H36F2N4O2/c1-17(15-33-2)31-18-4-6-19(7-5-18)32-25-13-22(24(28)14-29-25)21-12-20(8-9-23(21)27)30-16-26(34-3)10-11-26/h8-9,12-14,17-19,30-31H,4-7,10-11,15-16H2,1-3H3,(H,29,32)/t17-,18-,19-/m1/s1. The number of hydrogen-bond acceptors (Lipinski definition) is 6. The van der Waals surface area contributed by atoms with Crippen LogP contribution in [0.25, 0.3) is 11.1 Å². The maximum Gasteiger partial charge on any atom is 0.149 e. The first-order valence-electron chi connectivity index (χ1n) is 12.2. The van der Waals surface area contributed by atoms with Gasteiger partial charge in [0.25, 0.3) is 0 Å². The zero-order valence-electron chi connectivity index (χ0n) is 20.3. The second kappa shape index (κ2) is 11.0. The molecular formula is C26H36F2N4O2. The van der Waals surface area contributed by atoms with E-state index in [2.05, 4.69) is 27.9 Å². The first kappa shape index (κ1) is 24.8. The van der Waals surface area contributed by atoms with Gasteiger partial charge in [0.1, 0.15) is 17.5 Å². The average Bonchev–Trinajstić information content (AvgIpc) is 3.62. The summed E-state index contributed by atoms with van der Waals surface area (Å²) in [5.41, 5.74) is 1.02. The lowest BCUT2D eigenvalue weighted by Crippen LogP contribution is -2.42. The Morgan fingerprint density at radius 3 is 2.41 bits per heavy atom. The van der Waals surface area contributed by atoms with Crippen molar-refractivity contribution >= 4 is 11.5 Å². The molecule has 186 valence electrons. The second-order valence-corrected chi connectivity index (χ2v) is 9.70. The van der Waals surface area contributed by atoms with Gasteiger partial charge in [-0.25, -0.2) is 13.8 Å². The summed E-state index contributed by atoms with van der Waals surface area (Å²) < 4.78 is 40.1. The van der Waals surface area contributed by atoms with Crippen molar-refractivity contribution < 1.29 is 18.3 Å². The van der Waals surface area contributed by atoms with Crippen LogP contribution in [0.5, 0.6) is 0 Å². The Balaban J connectivity index is 1.40. The van der Waals surface area contributed by atoms with Gasteiger partial charge in [0.05, 0.1) is 18.4 Å². The molecule has 6 nitrogen and oxygen atoms in total. The van der Waals surface area contributed by atoms with Gasteiger partial charge < -0.3 is 25.4 Å². The normalized spacial score (nSPS) is 22.3. The predicted molar refractivity (Wildman–Crippen MR) is 131 cm³/mol. The maximum absolute atomic E-state index is 14.7. The number of nitrogens with one attached hydrogen (secondary N) is 3. The summed E-state index contributed by atoms with van der Waals surface area (Å²) in [5.74, 6) is -0.446. The molecule has 2 saturated carbocycles. The monoisotopic (exact) mass is 474 g/mol. The van der Waals surface area contributed by atoms with Crippen LogP contribution in [0.3, 0.4) is 0 Å². The Morgan fingerprint density at radius 2 is 1.74 bits per heavy atom. The molecule has 1 atom stereocenters. The highest BCUT2D eigenvalue weighted by molar-refractivity contribution is 5.71. The Labute approximate surface area is 200 Å². The molecule has 2 aliphatic rings. The van der Waals surface area contributed by atoms with Crippen LogP contribution in [-0.4, -0.2) is 56.1 Å². The van der Waals surface area contributed by atoms with Crippen molar-refractivity contribution in [3.05, 3.63) is 42.1 Å². The lowest BCUT2D eigenvalue weighted by molar-refractivity contribution is 0.0914. The molecule has 4 rings (SSSR count). The number of rotatable bonds is 11. The minimum absolute atomic E-state index is 0.135. The smallest absolute Gasteiger partial charge is 0.149 e. The first-order chi connectivity index (χ1) is 16.4. The number of nitrogens with zero attached hydrogens (tertiary/aromatic N) is 1. The van der Waals surface area contributed by atoms with E-state index >= 15 is 0 Å². The summed E-state index contributed by atoms with van der Waals surface area (Å²) in [4.78, 5) is 4.22. The molecular weight excluding hydrogens is 438 g/mol. The summed E-state index contributed by atoms with van der Waals surface area (Å²) in [6, 6.07) is 7.35. The lowest BCUT2D eigenvalue weighted by Gasteiger charge is -2.31. The van der Waals surface area contributed by atoms with Crippen molar-refractivity contribution in [2.45, 2.75) is 69.2 Å². The predicted octanol–water partition coefficient (Wildman–Crippen LogP) is 4.97. The largest absolute Gasteiger partial charge is 0.383 e. The number of pyridine rings is 1. The van der Waals surface area contributed by atoms with Gasteiger partial charge >= 0.3 is 0 Å². The molecule has 3 N–H and O–H groups in total. The van der Waals surface area contributed by atoms with Crippen LogP contribution in [0.15, 0.2) is 30.5 Å². The Kier molecular flexibility index (Phi) is 8.01. The second-order valence-electron chi connectivity index (χ2n) is 9.70. The number of benzene rings is 1. The van der Waals surface area contributed by atoms with Gasteiger partial charge in [-0.1, -0.05) is 0 Å². The first-order valence-corrected chi connectivity index (χ1v) is 12.2. The SMILES string of the molecule is COC[C@@H](C)N[C@H]1CC[C@H](Nc2cc(-c3cc(NCC4(OC)CC4)ccc3F)c(F)cn2)CC1. The third kappa shape index (κ3) is 6.23. The minimum atomic E-state index is -0.544. The van der Waals surface area contributed by atoms with Crippen molar-refractivity contribution in [2.75, 3.05) is 38.0 Å². The van der Waals surface area contributed by atoms with Crippen molar-refractivity contribution in [3.8, 4) is 11.1 Å². The summed E-state index contributed by atoms with van der Waals surface area (Å²) >= 11 is 0. The molecule has 2 aromatic rings. The summed E-state index contributed by atoms with van der Waals surface area (Å²) in [6.07, 6.45) is 7.24. The van der Waals surface area contributed by atoms with E-state index in [0.717, 1.165) is 44.2 Å². The van der Waals surface area contributed by atoms with Crippen LogP contribution < -0.4 is 16.0 Å². The highest BCUT2D eigenvalue weighted by atomic mass is 19.1. The van der Waals surface area contributed by atoms with Gasteiger partial charge in [-0.3, -0.25) is 0 Å². The number of hydrogen-bond donors (Lipinski definition) is 3. The van der Waals surface area contributed by atoms with Crippen LogP contribution in [0.2, 0.25) is 0 Å². The van der Waals surface area contributed by atoms with Crippen molar-refractivity contribution in [3.63, 3.8) is 0 Å². The Morgan fingerprint density at radius 1 is 1.03 bits per heavy atom. The van der Waals surface area contributed by atoms with Crippen molar-refractivity contribution in [1.29, 1.82) is 0 Å². The molecule has 0 unspecified atom stereocenters. The number of aromatic nitrogens is 1. The van der Waals surface area contributed by atoms with Crippen LogP contribution in [0, 0.1) is 11.6 Å². The van der Waals surface area contributed by atoms with E-state index in [1.807, 2.05) is 0 Å². The van der Waals surface area contributed by atoms with E-state index in [1.54, 1.807) is 32.4 Å². The summed E-state index contributed by atoms with van der Waals surface area (Å²) in [6.45, 7) is 3.46. The van der Waals surface area contributed by atoms with Crippen LogP contribution >= 0.6 is 0 Å². The molecule has 0 amide bonds. The van der Waals surface area contributed by atoms with E-state index in [4.69, 9.17) is 9.47 Å². The van der Waals surface area contributed by atoms with Gasteiger partial charge in [0, 0.05) is 55.7 Å². The highest BCUT2D eigenvalue weighted by Crippen LogP contribution is 2.39. The third-order valence-corrected chi connectivity index (χ3v) is 6.98. The molecule has 0 aliphatic heterocycles. The molecule has 0 bridgehead atoms. The molecule has 0 radical (unpaired) electrons. The molecule has 34 heavy (non-hydrogen) atoms. The van der Waals surface area contributed by atoms with Crippen molar-refractivity contribution in [1.82, 2.24) is 10.3 Å². The van der Waals surface area contributed by atoms with Crippen LogP contribution in [0.1, 0.15) is 45.4 Å². The zero-order valence-corrected chi connectivity index (χ0v) is 20.3. The van der Waals surface area contributed by atoms with Crippen molar-refractivity contribution in [2.24, 2.45) is 0 Å². The minimum Gasteiger partial charge on any atom is -0.383 e. The third-order valence-electron chi connectivity index (χ3n) is 6.98. The van der Waals surface area contributed by atoms with E-state index in [0.29, 0.717) is 31.1 Å². The van der Waals surface area contributed by atoms with Gasteiger partial charge in [-0.2, -0.15) is 0 Å². The molecule has 2 fully saturated rings. The van der Waals surface area contributed by atoms with E-state index < -0.39 is 11.6 Å². The maximum atomic E-state index is 14.7. The van der Waals surface area contributed by atoms with Gasteiger partial charge in [0.15, 0.2) is 0 Å². The van der Waals surface area contributed by atoms with Gasteiger partial charge in [-0.05, 0) is 69.7 Å². The molecule has 0 spiro atoms. The van der Waals surface area contributed by atoms with E-state index in [9.17, 15) is 8.78 Å². The van der Waals surface area contributed by atoms with Crippen LogP contribution in [-0.2, 0) is 9.47 Å². The molecule has 0 saturated heterocycles. The fourth-order valence-corrected chi connectivity index (χ4v) is 4.74. The fraction of sp³-hybridized carbons (Fsp3) is 0.577. The van der Waals surface area contributed by atoms with E-state index in [1.165, 1.54) is 12.3 Å². The average molecular weight is 475 g/mol. The summed E-state index contributed by atoms with van der Waals surface area (Å²) in [5, 5.41) is 10.3. The number of ether oxygens (including phenoxy) is 2. The lowest BCUT2D eigenvalue weighted by atomic mass is 9.90. The summed E-state index contributed by atoms with van der Waals surface area (Å²) in [7, 11) is 3.42. The molecule has 8 heteroatoms. The number of methoxy groups -OCH3 is 2. The fourth-order valence-electron chi connectivity index (χ4n) is 4.74. The highest BCUT2D eigenvalue weighted by Gasteiger charge is 2.42. The molecule has 2 aliphatic carbocycles. The van der Waals surface area contributed by atoms with Crippen LogP contribution in [0.4, 0.5) is 20.3 Å². The quantitative estimate of drug-likeness (QED) is 0.428. The molecule has 1 aromatic heterocycles. The number of anilines is 2. The topological polar surface area (TPSA) is 67.4 Å². The Bertz CT molecular complexity index is 962. The molecule has 1 heterocycles. The van der Waals surface area contributed by atoms with Gasteiger partial charge in [-0.15, -0.1) is 0 Å². The molecule has 1 aromatic carbocycles.